The predicted octanol–water partition coefficient (Wildman–Crippen LogP) is 4.55. The molecule has 2 aromatic rings. The van der Waals surface area contributed by atoms with Gasteiger partial charge in [-0.25, -0.2) is 4.79 Å². The molecule has 0 saturated carbocycles. The first-order valence-electron chi connectivity index (χ1n) is 9.95. The number of hydrogen-bond acceptors (Lipinski definition) is 3. The third kappa shape index (κ3) is 6.34. The maximum absolute atomic E-state index is 12.8. The van der Waals surface area contributed by atoms with E-state index in [0.29, 0.717) is 17.0 Å². The molecular formula is C23H23BrClN3O4. The van der Waals surface area contributed by atoms with E-state index in [-0.39, 0.29) is 23.0 Å². The molecule has 1 aromatic carbocycles. The summed E-state index contributed by atoms with van der Waals surface area (Å²) in [5, 5.41) is 15.0. The predicted molar refractivity (Wildman–Crippen MR) is 129 cm³/mol. The van der Waals surface area contributed by atoms with Gasteiger partial charge in [0.2, 0.25) is 0 Å². The maximum Gasteiger partial charge on any atom is 0.319 e. The number of carbonyl (C=O) groups excluding carboxylic acids is 1. The van der Waals surface area contributed by atoms with Crippen LogP contribution in [0.15, 0.2) is 71.2 Å². The van der Waals surface area contributed by atoms with Crippen molar-refractivity contribution in [3.63, 3.8) is 0 Å². The minimum Gasteiger partial charge on any atom is -0.481 e. The van der Waals surface area contributed by atoms with Gasteiger partial charge in [-0.15, -0.1) is 0 Å². The van der Waals surface area contributed by atoms with Crippen molar-refractivity contribution in [2.45, 2.75) is 36.7 Å². The number of carboxylic acid groups (broad SMARTS) is 1. The van der Waals surface area contributed by atoms with Crippen molar-refractivity contribution in [1.29, 1.82) is 0 Å². The largest absolute Gasteiger partial charge is 0.481 e. The first-order valence-corrected chi connectivity index (χ1v) is 11.1. The minimum absolute atomic E-state index is 0.0762. The number of alkyl halides is 1. The second-order valence-corrected chi connectivity index (χ2v) is 9.93. The fourth-order valence-electron chi connectivity index (χ4n) is 3.29. The van der Waals surface area contributed by atoms with E-state index in [2.05, 4.69) is 26.6 Å². The first-order chi connectivity index (χ1) is 15.1. The number of halogens is 2. The molecule has 0 radical (unpaired) electrons. The van der Waals surface area contributed by atoms with Gasteiger partial charge in [0, 0.05) is 15.5 Å². The van der Waals surface area contributed by atoms with Crippen LogP contribution in [0, 0.1) is 0 Å². The van der Waals surface area contributed by atoms with Crippen molar-refractivity contribution in [2.75, 3.05) is 5.32 Å². The minimum atomic E-state index is -1.04. The quantitative estimate of drug-likeness (QED) is 0.466. The average molecular weight is 521 g/mol. The molecule has 0 saturated heterocycles. The van der Waals surface area contributed by atoms with Crippen molar-refractivity contribution < 1.29 is 14.7 Å². The van der Waals surface area contributed by atoms with Crippen molar-refractivity contribution in [3.05, 3.63) is 87.3 Å². The third-order valence-electron chi connectivity index (χ3n) is 5.01. The van der Waals surface area contributed by atoms with Crippen molar-refractivity contribution >= 4 is 45.2 Å². The molecule has 32 heavy (non-hydrogen) atoms. The van der Waals surface area contributed by atoms with E-state index in [1.54, 1.807) is 30.5 Å². The fraction of sp³-hybridized carbons (Fsp3) is 0.261. The number of benzene rings is 1. The highest BCUT2D eigenvalue weighted by Gasteiger charge is 2.25. The molecule has 0 fully saturated rings. The van der Waals surface area contributed by atoms with E-state index in [4.69, 9.17) is 11.6 Å². The number of anilines is 1. The number of pyridine rings is 1. The van der Waals surface area contributed by atoms with Crippen LogP contribution in [0.5, 0.6) is 0 Å². The van der Waals surface area contributed by atoms with E-state index >= 15 is 0 Å². The van der Waals surface area contributed by atoms with Gasteiger partial charge in [-0.2, -0.15) is 0 Å². The molecule has 9 heteroatoms. The van der Waals surface area contributed by atoms with Crippen LogP contribution in [0.1, 0.15) is 25.3 Å². The number of rotatable bonds is 7. The summed E-state index contributed by atoms with van der Waals surface area (Å²) < 4.78 is 1.23. The van der Waals surface area contributed by atoms with Crippen LogP contribution in [0.4, 0.5) is 10.5 Å². The molecule has 7 nitrogen and oxygen atoms in total. The van der Waals surface area contributed by atoms with Crippen LogP contribution in [-0.2, 0) is 11.3 Å². The summed E-state index contributed by atoms with van der Waals surface area (Å²) in [7, 11) is 0. The van der Waals surface area contributed by atoms with E-state index in [0.717, 1.165) is 5.56 Å². The topological polar surface area (TPSA) is 100 Å². The molecular weight excluding hydrogens is 498 g/mol. The van der Waals surface area contributed by atoms with E-state index in [1.807, 2.05) is 31.2 Å². The number of urea groups is 1. The Balaban J connectivity index is 1.74. The Morgan fingerprint density at radius 2 is 2.03 bits per heavy atom. The first kappa shape index (κ1) is 23.8. The number of nitrogens with one attached hydrogen (secondary N) is 2. The second-order valence-electron chi connectivity index (χ2n) is 7.71. The zero-order valence-corrected chi connectivity index (χ0v) is 19.7. The van der Waals surface area contributed by atoms with Crippen molar-refractivity contribution in [2.24, 2.45) is 0 Å². The standard InChI is InChI=1S/C23H23BrClN3O4/c1-23(24)10-8-15(9-11-23)19(13-20(29)30)27-22(32)26-18-7-4-12-28(21(18)31)14-16-5-2-3-6-17(16)25/h2-10,12,19H,11,13-14H2,1H3,(H,29,30)(H2,26,27,32)/t19-,23?/m0/s1. The fourth-order valence-corrected chi connectivity index (χ4v) is 3.78. The highest BCUT2D eigenvalue weighted by Crippen LogP contribution is 2.30. The molecule has 1 aromatic heterocycles. The number of aromatic nitrogens is 1. The highest BCUT2D eigenvalue weighted by molar-refractivity contribution is 9.10. The summed E-state index contributed by atoms with van der Waals surface area (Å²) in [5.41, 5.74) is 1.15. The second kappa shape index (κ2) is 10.2. The molecule has 168 valence electrons. The van der Waals surface area contributed by atoms with E-state index in [1.165, 1.54) is 10.6 Å². The van der Waals surface area contributed by atoms with E-state index in [9.17, 15) is 19.5 Å². The number of nitrogens with zero attached hydrogens (tertiary/aromatic N) is 1. The van der Waals surface area contributed by atoms with Gasteiger partial charge in [-0.3, -0.25) is 9.59 Å². The molecule has 3 rings (SSSR count). The number of amides is 2. The summed E-state index contributed by atoms with van der Waals surface area (Å²) in [6.45, 7) is 2.24. The molecule has 2 atom stereocenters. The van der Waals surface area contributed by atoms with Crippen LogP contribution in [0.25, 0.3) is 0 Å². The van der Waals surface area contributed by atoms with Gasteiger partial charge < -0.3 is 20.3 Å². The van der Waals surface area contributed by atoms with Gasteiger partial charge in [0.1, 0.15) is 5.69 Å². The lowest BCUT2D eigenvalue weighted by Crippen LogP contribution is -2.41. The summed E-state index contributed by atoms with van der Waals surface area (Å²) in [6.07, 6.45) is 7.59. The van der Waals surface area contributed by atoms with Crippen LogP contribution < -0.4 is 16.2 Å². The summed E-state index contributed by atoms with van der Waals surface area (Å²) >= 11 is 9.75. The number of hydrogen-bond donors (Lipinski definition) is 3. The van der Waals surface area contributed by atoms with Gasteiger partial charge in [0.25, 0.3) is 5.56 Å². The lowest BCUT2D eigenvalue weighted by molar-refractivity contribution is -0.137. The Hall–Kier alpha value is -2.84. The van der Waals surface area contributed by atoms with Crippen molar-refractivity contribution in [3.8, 4) is 0 Å². The Labute approximate surface area is 198 Å². The normalized spacial score (nSPS) is 18.5. The molecule has 1 aliphatic rings. The lowest BCUT2D eigenvalue weighted by atomic mass is 9.93. The molecule has 1 heterocycles. The summed E-state index contributed by atoms with van der Waals surface area (Å²) in [4.78, 5) is 36.7. The Bertz CT molecular complexity index is 1140. The van der Waals surface area contributed by atoms with Crippen LogP contribution in [0.3, 0.4) is 0 Å². The highest BCUT2D eigenvalue weighted by atomic mass is 79.9. The van der Waals surface area contributed by atoms with Gasteiger partial charge in [0.05, 0.1) is 19.0 Å². The molecule has 0 spiro atoms. The molecule has 3 N–H and O–H groups in total. The monoisotopic (exact) mass is 519 g/mol. The van der Waals surface area contributed by atoms with Crippen LogP contribution in [-0.4, -0.2) is 32.0 Å². The SMILES string of the molecule is CC1(Br)C=CC([C@H](CC(=O)O)NC(=O)Nc2cccn(Cc3ccccc3Cl)c2=O)=CC1. The molecule has 1 aliphatic carbocycles. The number of aliphatic carboxylic acids is 1. The zero-order valence-electron chi connectivity index (χ0n) is 17.3. The summed E-state index contributed by atoms with van der Waals surface area (Å²) in [5.74, 6) is -1.04. The van der Waals surface area contributed by atoms with Crippen LogP contribution >= 0.6 is 27.5 Å². The molecule has 0 bridgehead atoms. The molecule has 0 aliphatic heterocycles. The van der Waals surface area contributed by atoms with E-state index < -0.39 is 23.6 Å². The molecule has 2 amide bonds. The van der Waals surface area contributed by atoms with Crippen molar-refractivity contribution in [1.82, 2.24) is 9.88 Å². The van der Waals surface area contributed by atoms with Gasteiger partial charge in [-0.1, -0.05) is 64.0 Å². The van der Waals surface area contributed by atoms with Gasteiger partial charge in [0.15, 0.2) is 0 Å². The number of carbonyl (C=O) groups is 2. The van der Waals surface area contributed by atoms with Crippen LogP contribution in [0.2, 0.25) is 5.02 Å². The molecule has 1 unspecified atom stereocenters. The lowest BCUT2D eigenvalue weighted by Gasteiger charge is -2.25. The van der Waals surface area contributed by atoms with Gasteiger partial charge >= 0.3 is 12.0 Å². The smallest absolute Gasteiger partial charge is 0.319 e. The Morgan fingerprint density at radius 1 is 1.28 bits per heavy atom. The average Bonchev–Trinajstić information content (AvgIpc) is 2.72. The maximum atomic E-state index is 12.8. The Morgan fingerprint density at radius 3 is 2.69 bits per heavy atom. The zero-order chi connectivity index (χ0) is 23.3. The number of carboxylic acids is 1. The third-order valence-corrected chi connectivity index (χ3v) is 5.97. The Kier molecular flexibility index (Phi) is 7.58. The van der Waals surface area contributed by atoms with Gasteiger partial charge in [-0.05, 0) is 42.7 Å². The number of allylic oxidation sites excluding steroid dienone is 2. The summed E-state index contributed by atoms with van der Waals surface area (Å²) in [6, 6.07) is 8.94.